The van der Waals surface area contributed by atoms with Gasteiger partial charge in [0.1, 0.15) is 6.42 Å². The van der Waals surface area contributed by atoms with Crippen LogP contribution in [0.15, 0.2) is 24.3 Å². The van der Waals surface area contributed by atoms with Gasteiger partial charge in [0.15, 0.2) is 0 Å². The summed E-state index contributed by atoms with van der Waals surface area (Å²) in [5, 5.41) is 0.648. The molecule has 1 aromatic carbocycles. The molecule has 1 saturated heterocycles. The lowest BCUT2D eigenvalue weighted by molar-refractivity contribution is -0.239. The molecule has 1 aliphatic rings. The molecular weight excluding hydrogens is 256 g/mol. The van der Waals surface area contributed by atoms with Crippen LogP contribution in [-0.2, 0) is 25.5 Å². The lowest BCUT2D eigenvalue weighted by Crippen LogP contribution is -2.43. The van der Waals surface area contributed by atoms with Gasteiger partial charge >= 0.3 is 11.9 Å². The summed E-state index contributed by atoms with van der Waals surface area (Å²) in [5.74, 6) is -2.26. The molecule has 1 aliphatic heterocycles. The van der Waals surface area contributed by atoms with Gasteiger partial charge in [0, 0.05) is 18.4 Å². The molecule has 0 spiro atoms. The highest BCUT2D eigenvalue weighted by atomic mass is 35.5. The van der Waals surface area contributed by atoms with Gasteiger partial charge in [0.25, 0.3) is 5.79 Å². The Morgan fingerprint density at radius 2 is 1.94 bits per heavy atom. The van der Waals surface area contributed by atoms with Gasteiger partial charge in [0.2, 0.25) is 0 Å². The van der Waals surface area contributed by atoms with Crippen molar-refractivity contribution in [3.8, 4) is 0 Å². The molecule has 0 amide bonds. The van der Waals surface area contributed by atoms with Crippen molar-refractivity contribution in [1.82, 2.24) is 0 Å². The van der Waals surface area contributed by atoms with Crippen LogP contribution in [0.25, 0.3) is 0 Å². The van der Waals surface area contributed by atoms with E-state index in [-0.39, 0.29) is 6.42 Å². The first-order valence-electron chi connectivity index (χ1n) is 5.65. The van der Waals surface area contributed by atoms with Crippen molar-refractivity contribution in [2.24, 2.45) is 0 Å². The maximum absolute atomic E-state index is 11.2. The molecule has 5 heteroatoms. The predicted molar refractivity (Wildman–Crippen MR) is 65.0 cm³/mol. The number of cyclic esters (lactones) is 2. The molecule has 0 bridgehead atoms. The molecule has 96 valence electrons. The summed E-state index contributed by atoms with van der Waals surface area (Å²) in [5.41, 5.74) is 1.00. The van der Waals surface area contributed by atoms with Crippen molar-refractivity contribution in [3.05, 3.63) is 34.9 Å². The van der Waals surface area contributed by atoms with Gasteiger partial charge in [-0.05, 0) is 24.1 Å². The fourth-order valence-electron chi connectivity index (χ4n) is 1.86. The molecule has 0 saturated carbocycles. The van der Waals surface area contributed by atoms with Crippen LogP contribution in [0.1, 0.15) is 25.3 Å². The molecule has 1 aromatic rings. The normalized spacial score (nSPS) is 18.1. The summed E-state index contributed by atoms with van der Waals surface area (Å²) in [6, 6.07) is 7.38. The molecule has 0 radical (unpaired) electrons. The number of hydrogen-bond donors (Lipinski definition) is 0. The Kier molecular flexibility index (Phi) is 3.57. The SMILES string of the molecule is CC1(CCc2cccc(Cl)c2)OC(=O)CC(=O)O1. The van der Waals surface area contributed by atoms with E-state index in [0.29, 0.717) is 17.9 Å². The zero-order valence-electron chi connectivity index (χ0n) is 9.94. The average Bonchev–Trinajstić information content (AvgIpc) is 2.25. The summed E-state index contributed by atoms with van der Waals surface area (Å²) in [7, 11) is 0. The van der Waals surface area contributed by atoms with E-state index in [0.717, 1.165) is 5.56 Å². The Morgan fingerprint density at radius 1 is 1.28 bits per heavy atom. The van der Waals surface area contributed by atoms with E-state index in [4.69, 9.17) is 21.1 Å². The standard InChI is InChI=1S/C13H13ClO4/c1-13(17-11(15)8-12(16)18-13)6-5-9-3-2-4-10(14)7-9/h2-4,7H,5-6,8H2,1H3. The van der Waals surface area contributed by atoms with E-state index in [1.54, 1.807) is 13.0 Å². The van der Waals surface area contributed by atoms with Crippen LogP contribution in [-0.4, -0.2) is 17.7 Å². The van der Waals surface area contributed by atoms with E-state index in [1.165, 1.54) is 0 Å². The molecule has 0 unspecified atom stereocenters. The topological polar surface area (TPSA) is 52.6 Å². The minimum Gasteiger partial charge on any atom is -0.422 e. The van der Waals surface area contributed by atoms with E-state index < -0.39 is 17.7 Å². The van der Waals surface area contributed by atoms with Crippen molar-refractivity contribution < 1.29 is 19.1 Å². The van der Waals surface area contributed by atoms with E-state index in [2.05, 4.69) is 0 Å². The number of esters is 2. The van der Waals surface area contributed by atoms with Crippen molar-refractivity contribution in [2.45, 2.75) is 32.0 Å². The maximum Gasteiger partial charge on any atom is 0.320 e. The van der Waals surface area contributed by atoms with Gasteiger partial charge in [-0.1, -0.05) is 23.7 Å². The number of rotatable bonds is 3. The van der Waals surface area contributed by atoms with E-state index >= 15 is 0 Å². The molecule has 1 fully saturated rings. The van der Waals surface area contributed by atoms with Crippen molar-refractivity contribution in [3.63, 3.8) is 0 Å². The second-order valence-corrected chi connectivity index (χ2v) is 4.83. The summed E-state index contributed by atoms with van der Waals surface area (Å²) in [6.07, 6.45) is 0.704. The quantitative estimate of drug-likeness (QED) is 0.624. The van der Waals surface area contributed by atoms with Crippen molar-refractivity contribution >= 4 is 23.5 Å². The predicted octanol–water partition coefficient (Wildman–Crippen LogP) is 2.48. The molecule has 0 atom stereocenters. The maximum atomic E-state index is 11.2. The van der Waals surface area contributed by atoms with E-state index in [9.17, 15) is 9.59 Å². The number of carbonyl (C=O) groups is 2. The number of carbonyl (C=O) groups excluding carboxylic acids is 2. The van der Waals surface area contributed by atoms with Crippen LogP contribution < -0.4 is 0 Å². The monoisotopic (exact) mass is 268 g/mol. The van der Waals surface area contributed by atoms with Crippen LogP contribution in [0.4, 0.5) is 0 Å². The fourth-order valence-corrected chi connectivity index (χ4v) is 2.07. The minimum atomic E-state index is -1.17. The molecular formula is C13H13ClO4. The Morgan fingerprint density at radius 3 is 2.56 bits per heavy atom. The van der Waals surface area contributed by atoms with Gasteiger partial charge in [-0.15, -0.1) is 0 Å². The Hall–Kier alpha value is -1.55. The van der Waals surface area contributed by atoms with Crippen molar-refractivity contribution in [1.29, 1.82) is 0 Å². The van der Waals surface area contributed by atoms with Gasteiger partial charge in [-0.2, -0.15) is 0 Å². The number of aryl methyl sites for hydroxylation is 1. The molecule has 0 aromatic heterocycles. The molecule has 4 nitrogen and oxygen atoms in total. The van der Waals surface area contributed by atoms with Crippen LogP contribution >= 0.6 is 11.6 Å². The Bertz CT molecular complexity index is 468. The summed E-state index contributed by atoms with van der Waals surface area (Å²) < 4.78 is 10.2. The largest absolute Gasteiger partial charge is 0.422 e. The van der Waals surface area contributed by atoms with Crippen LogP contribution in [0.5, 0.6) is 0 Å². The smallest absolute Gasteiger partial charge is 0.320 e. The zero-order chi connectivity index (χ0) is 13.2. The lowest BCUT2D eigenvalue weighted by Gasteiger charge is -2.32. The minimum absolute atomic E-state index is 0.313. The molecule has 18 heavy (non-hydrogen) atoms. The van der Waals surface area contributed by atoms with Gasteiger partial charge in [-0.3, -0.25) is 9.59 Å². The number of ether oxygens (including phenoxy) is 2. The molecule has 2 rings (SSSR count). The first kappa shape index (κ1) is 12.9. The fraction of sp³-hybridized carbons (Fsp3) is 0.385. The Balaban J connectivity index is 2.00. The number of hydrogen-bond acceptors (Lipinski definition) is 4. The highest BCUT2D eigenvalue weighted by Crippen LogP contribution is 2.26. The number of halogens is 1. The highest BCUT2D eigenvalue weighted by Gasteiger charge is 2.38. The summed E-state index contributed by atoms with van der Waals surface area (Å²) >= 11 is 5.88. The third-order valence-electron chi connectivity index (χ3n) is 2.70. The second kappa shape index (κ2) is 4.98. The molecule has 1 heterocycles. The second-order valence-electron chi connectivity index (χ2n) is 4.39. The number of benzene rings is 1. The summed E-state index contributed by atoms with van der Waals surface area (Å²) in [4.78, 5) is 22.4. The molecule has 0 N–H and O–H groups in total. The van der Waals surface area contributed by atoms with Crippen LogP contribution in [0.2, 0.25) is 5.02 Å². The van der Waals surface area contributed by atoms with E-state index in [1.807, 2.05) is 18.2 Å². The van der Waals surface area contributed by atoms with Gasteiger partial charge in [0.05, 0.1) is 0 Å². The lowest BCUT2D eigenvalue weighted by atomic mass is 10.0. The van der Waals surface area contributed by atoms with Gasteiger partial charge in [-0.25, -0.2) is 0 Å². The first-order valence-corrected chi connectivity index (χ1v) is 6.03. The third kappa shape index (κ3) is 3.23. The Labute approximate surface area is 110 Å². The highest BCUT2D eigenvalue weighted by molar-refractivity contribution is 6.30. The summed E-state index contributed by atoms with van der Waals surface area (Å²) in [6.45, 7) is 1.59. The third-order valence-corrected chi connectivity index (χ3v) is 2.94. The average molecular weight is 269 g/mol. The first-order chi connectivity index (χ1) is 8.47. The van der Waals surface area contributed by atoms with Crippen LogP contribution in [0, 0.1) is 0 Å². The zero-order valence-corrected chi connectivity index (χ0v) is 10.7. The van der Waals surface area contributed by atoms with Crippen LogP contribution in [0.3, 0.4) is 0 Å². The molecule has 0 aliphatic carbocycles. The van der Waals surface area contributed by atoms with Crippen molar-refractivity contribution in [2.75, 3.05) is 0 Å². The van der Waals surface area contributed by atoms with Gasteiger partial charge < -0.3 is 9.47 Å².